The van der Waals surface area contributed by atoms with Crippen LogP contribution in [0.4, 0.5) is 5.69 Å². The number of esters is 1. The average molecular weight is 1440 g/mol. The fraction of sp³-hybridized carbons (Fsp3) is 0.277. The minimum atomic E-state index is -4.10. The first-order valence-electron chi connectivity index (χ1n) is 29.1. The Morgan fingerprint density at radius 2 is 0.919 bits per heavy atom. The number of para-hydroxylation sites is 1. The van der Waals surface area contributed by atoms with Crippen LogP contribution in [0, 0.1) is 24.2 Å². The van der Waals surface area contributed by atoms with Gasteiger partial charge in [0.05, 0.1) is 50.6 Å². The molecule has 0 aromatic heterocycles. The van der Waals surface area contributed by atoms with Crippen molar-refractivity contribution in [3.63, 3.8) is 0 Å². The van der Waals surface area contributed by atoms with Crippen molar-refractivity contribution in [1.29, 1.82) is 0 Å². The Hall–Kier alpha value is -10.6. The normalized spacial score (nSPS) is 11.2. The summed E-state index contributed by atoms with van der Waals surface area (Å²) in [6.07, 6.45) is 6.03. The molecule has 0 atom stereocenters. The molecule has 0 saturated carbocycles. The van der Waals surface area contributed by atoms with Crippen LogP contribution in [0.2, 0.25) is 0 Å². The van der Waals surface area contributed by atoms with Gasteiger partial charge in [-0.2, -0.15) is 33.7 Å². The van der Waals surface area contributed by atoms with E-state index < -0.39 is 90.3 Å². The number of anilines is 1. The minimum Gasteiger partial charge on any atom is -0.494 e. The Kier molecular flexibility index (Phi) is 33.3. The van der Waals surface area contributed by atoms with E-state index in [1.54, 1.807) is 4.90 Å². The molecule has 99 heavy (non-hydrogen) atoms. The van der Waals surface area contributed by atoms with E-state index in [1.165, 1.54) is 125 Å². The van der Waals surface area contributed by atoms with Crippen molar-refractivity contribution >= 4 is 87.1 Å². The Morgan fingerprint density at radius 3 is 1.36 bits per heavy atom. The molecule has 0 aliphatic carbocycles. The number of terminal acetylenes is 1. The highest BCUT2D eigenvalue weighted by Gasteiger charge is 2.24. The SMILES string of the molecule is C#CCOc1ccc(S(=O)(=O)OCC(C)=O)cc1.CC(=O)COS(=O)(=O)c1ccc(C(=O)NCCC(=O)N2Cc3ccccc3C#Cc3ccccc32)cc1.CC(=O)COS(=O)(=O)c1ccc(C(=O)OCCCN=[N+]=[N-])cc1.CC(=O)COS(=O)(=O)c1ccc(OCCCN=[N+]=[N-])cc1. The van der Waals surface area contributed by atoms with Gasteiger partial charge >= 0.3 is 5.97 Å². The molecule has 1 aliphatic heterocycles. The molecule has 0 spiro atoms. The molecule has 7 rings (SSSR count). The van der Waals surface area contributed by atoms with Gasteiger partial charge in [-0.3, -0.25) is 45.5 Å². The fourth-order valence-corrected chi connectivity index (χ4v) is 11.2. The van der Waals surface area contributed by atoms with Crippen molar-refractivity contribution in [3.05, 3.63) is 194 Å². The van der Waals surface area contributed by atoms with Crippen LogP contribution in [0.15, 0.2) is 175 Å². The first-order valence-corrected chi connectivity index (χ1v) is 34.8. The third kappa shape index (κ3) is 28.9. The molecule has 6 aromatic rings. The van der Waals surface area contributed by atoms with Crippen LogP contribution in [0.25, 0.3) is 20.9 Å². The predicted octanol–water partition coefficient (Wildman–Crippen LogP) is 7.94. The number of rotatable bonds is 32. The Labute approximate surface area is 571 Å². The summed E-state index contributed by atoms with van der Waals surface area (Å²) >= 11 is 0. The van der Waals surface area contributed by atoms with Gasteiger partial charge < -0.3 is 24.4 Å². The summed E-state index contributed by atoms with van der Waals surface area (Å²) in [4.78, 5) is 87.1. The van der Waals surface area contributed by atoms with Crippen molar-refractivity contribution in [1.82, 2.24) is 5.32 Å². The van der Waals surface area contributed by atoms with Gasteiger partial charge in [-0.15, -0.1) is 6.42 Å². The zero-order valence-corrected chi connectivity index (χ0v) is 56.8. The molecule has 0 saturated heterocycles. The number of carbonyl (C=O) groups excluding carboxylic acids is 7. The second kappa shape index (κ2) is 40.8. The van der Waals surface area contributed by atoms with E-state index in [4.69, 9.17) is 31.7 Å². The van der Waals surface area contributed by atoms with Gasteiger partial charge in [-0.25, -0.2) is 4.79 Å². The number of hydrogen-bond donors (Lipinski definition) is 1. The van der Waals surface area contributed by atoms with Crippen LogP contribution in [-0.2, 0) is 92.5 Å². The first-order chi connectivity index (χ1) is 47.0. The standard InChI is InChI=1S/C28H24N2O6S.C13H15N3O6S.C12H15N3O5S.C12H12O5S/c1-20(31)19-36-37(34,35)25-14-12-23(13-15-25)28(33)29-17-16-27(32)30-18-24-8-3-2-6-21(24)10-11-22-7-4-5-9-26(22)30;1-10(17)9-22-23(19,20)12-5-3-11(4-6-12)13(18)21-8-2-7-15-16-14;1-10(16)9-20-21(17,18)12-5-3-11(4-6-12)19-8-2-7-14-15-13;1-3-8-16-11-4-6-12(7-5-11)18(14,15)17-9-10(2)13/h2-9,12-15H,16-19H2,1H3,(H,29,33);3-6H,2,7-9H2,1H3;3-6H,2,7-9H2,1H3;1,4-7H,8-9H2,2H3. The monoisotopic (exact) mass is 1440 g/mol. The maximum atomic E-state index is 13.2. The number of fused-ring (bicyclic) bond motifs is 2. The molecule has 1 N–H and O–H groups in total. The van der Waals surface area contributed by atoms with Crippen LogP contribution in [-0.4, -0.2) is 140 Å². The third-order valence-electron chi connectivity index (χ3n) is 12.2. The number of ether oxygens (including phenoxy) is 3. The quantitative estimate of drug-likeness (QED) is 0.00796. The summed E-state index contributed by atoms with van der Waals surface area (Å²) in [7, 11) is -16.0. The zero-order valence-electron chi connectivity index (χ0n) is 53.6. The maximum Gasteiger partial charge on any atom is 0.338 e. The highest BCUT2D eigenvalue weighted by atomic mass is 32.2. The van der Waals surface area contributed by atoms with Crippen LogP contribution in [0.1, 0.15) is 84.4 Å². The molecule has 522 valence electrons. The topological polar surface area (TPSA) is 433 Å². The van der Waals surface area contributed by atoms with Crippen LogP contribution in [0.3, 0.4) is 0 Å². The average Bonchev–Trinajstić information content (AvgIpc) is 0.837. The molecule has 0 radical (unpaired) electrons. The molecule has 34 heteroatoms. The lowest BCUT2D eigenvalue weighted by Crippen LogP contribution is -2.35. The summed E-state index contributed by atoms with van der Waals surface area (Å²) in [5, 5.41) is 9.35. The number of nitrogens with zero attached hydrogens (tertiary/aromatic N) is 7. The molecule has 6 aromatic carbocycles. The van der Waals surface area contributed by atoms with E-state index in [1.807, 2.05) is 48.5 Å². The number of amides is 2. The smallest absolute Gasteiger partial charge is 0.338 e. The van der Waals surface area contributed by atoms with Crippen molar-refractivity contribution in [2.75, 3.05) is 70.8 Å². The van der Waals surface area contributed by atoms with Crippen molar-refractivity contribution in [3.8, 4) is 35.7 Å². The van der Waals surface area contributed by atoms with Crippen molar-refractivity contribution in [2.45, 2.75) is 73.1 Å². The Morgan fingerprint density at radius 1 is 0.525 bits per heavy atom. The lowest BCUT2D eigenvalue weighted by molar-refractivity contribution is -0.119. The summed E-state index contributed by atoms with van der Waals surface area (Å²) < 4.78 is 128. The summed E-state index contributed by atoms with van der Waals surface area (Å²) in [6.45, 7) is 4.38. The van der Waals surface area contributed by atoms with Crippen molar-refractivity contribution < 1.29 is 98.2 Å². The summed E-state index contributed by atoms with van der Waals surface area (Å²) in [5.41, 5.74) is 19.8. The first kappa shape index (κ1) is 80.8. The van der Waals surface area contributed by atoms with Gasteiger partial charge in [0.25, 0.3) is 46.4 Å². The minimum absolute atomic E-state index is 0.0446. The van der Waals surface area contributed by atoms with Crippen LogP contribution in [0.5, 0.6) is 11.5 Å². The number of ketones is 4. The fourth-order valence-electron chi connectivity index (χ4n) is 7.50. The molecule has 1 heterocycles. The highest BCUT2D eigenvalue weighted by Crippen LogP contribution is 2.27. The van der Waals surface area contributed by atoms with Gasteiger partial charge in [-0.05, 0) is 172 Å². The van der Waals surface area contributed by atoms with E-state index in [-0.39, 0.29) is 80.9 Å². The highest BCUT2D eigenvalue weighted by molar-refractivity contribution is 7.87. The largest absolute Gasteiger partial charge is 0.494 e. The van der Waals surface area contributed by atoms with E-state index >= 15 is 0 Å². The second-order valence-corrected chi connectivity index (χ2v) is 26.6. The van der Waals surface area contributed by atoms with Crippen molar-refractivity contribution in [2.24, 2.45) is 10.2 Å². The van der Waals surface area contributed by atoms with E-state index in [2.05, 4.69) is 59.9 Å². The maximum absolute atomic E-state index is 13.2. The number of carbonyl (C=O) groups is 7. The lowest BCUT2D eigenvalue weighted by atomic mass is 10.0. The molecular formula is C65H66N8O22S4. The number of Topliss-reactive ketones (excluding diaryl/α,β-unsaturated/α-hetero) is 4. The Bertz CT molecular complexity index is 4510. The van der Waals surface area contributed by atoms with E-state index in [0.717, 1.165) is 16.7 Å². The predicted molar refractivity (Wildman–Crippen MR) is 355 cm³/mol. The zero-order chi connectivity index (χ0) is 73.0. The molecule has 0 fully saturated rings. The van der Waals surface area contributed by atoms with E-state index in [9.17, 15) is 67.2 Å². The number of hydrogen-bond acceptors (Lipinski definition) is 24. The van der Waals surface area contributed by atoms with Gasteiger partial charge in [0.15, 0.2) is 23.1 Å². The molecule has 2 amide bonds. The van der Waals surface area contributed by atoms with Crippen LogP contribution >= 0.6 is 0 Å². The Balaban J connectivity index is 0.000000294. The van der Waals surface area contributed by atoms with Gasteiger partial charge in [-0.1, -0.05) is 58.3 Å². The van der Waals surface area contributed by atoms with Gasteiger partial charge in [0.2, 0.25) is 5.91 Å². The molecule has 30 nitrogen and oxygen atoms in total. The summed E-state index contributed by atoms with van der Waals surface area (Å²) in [6, 6.07) is 36.4. The number of azide groups is 2. The third-order valence-corrected chi connectivity index (χ3v) is 17.3. The van der Waals surface area contributed by atoms with Crippen LogP contribution < -0.4 is 19.7 Å². The lowest BCUT2D eigenvalue weighted by Gasteiger charge is -2.26. The molecule has 1 aliphatic rings. The molecule has 0 bridgehead atoms. The second-order valence-electron chi connectivity index (χ2n) is 20.2. The molecular weight excluding hydrogens is 1370 g/mol. The summed E-state index contributed by atoms with van der Waals surface area (Å²) in [5.74, 6) is 6.72. The number of nitrogens with one attached hydrogen (secondary N) is 1. The van der Waals surface area contributed by atoms with Gasteiger partial charge in [0, 0.05) is 52.6 Å². The number of benzene rings is 6. The van der Waals surface area contributed by atoms with E-state index in [0.29, 0.717) is 49.7 Å². The molecule has 0 unspecified atom stereocenters. The van der Waals surface area contributed by atoms with Gasteiger partial charge in [0.1, 0.15) is 44.5 Å².